The molecule has 0 unspecified atom stereocenters. The van der Waals surface area contributed by atoms with Crippen LogP contribution in [0.4, 0.5) is 0 Å². The van der Waals surface area contributed by atoms with Crippen LogP contribution in [0.15, 0.2) is 18.2 Å². The molecule has 2 nitrogen and oxygen atoms in total. The van der Waals surface area contributed by atoms with Crippen LogP contribution in [-0.2, 0) is 6.42 Å². The van der Waals surface area contributed by atoms with E-state index in [1.54, 1.807) is 0 Å². The second-order valence-corrected chi connectivity index (χ2v) is 9.39. The van der Waals surface area contributed by atoms with Crippen LogP contribution >= 0.6 is 0 Å². The highest BCUT2D eigenvalue weighted by atomic mass is 28.4. The average Bonchev–Trinajstić information content (AvgIpc) is 2.45. The number of carbonyl (C=O) groups is 1. The third-order valence-corrected chi connectivity index (χ3v) is 3.27. The summed E-state index contributed by atoms with van der Waals surface area (Å²) < 4.78 is 5.89. The summed E-state index contributed by atoms with van der Waals surface area (Å²) in [6.07, 6.45) is 1.53. The predicted octanol–water partition coefficient (Wildman–Crippen LogP) is 3.03. The average molecular weight is 220 g/mol. The van der Waals surface area contributed by atoms with Crippen molar-refractivity contribution in [3.8, 4) is 5.75 Å². The summed E-state index contributed by atoms with van der Waals surface area (Å²) in [5, 5.41) is 0. The van der Waals surface area contributed by atoms with Crippen LogP contribution in [0.2, 0.25) is 19.6 Å². The van der Waals surface area contributed by atoms with E-state index in [1.807, 2.05) is 18.2 Å². The minimum absolute atomic E-state index is 0.268. The summed E-state index contributed by atoms with van der Waals surface area (Å²) in [5.74, 6) is 1.19. The zero-order chi connectivity index (χ0) is 11.1. The van der Waals surface area contributed by atoms with Gasteiger partial charge >= 0.3 is 0 Å². The van der Waals surface area contributed by atoms with Crippen LogP contribution in [0.1, 0.15) is 22.3 Å². The number of ketones is 1. The number of Topliss-reactive ketones (excluding diaryl/α,β-unsaturated/α-hetero) is 1. The molecular formula is C12H16O2Si. The number of hydrogen-bond acceptors (Lipinski definition) is 2. The largest absolute Gasteiger partial charge is 0.544 e. The highest BCUT2D eigenvalue weighted by Crippen LogP contribution is 2.27. The van der Waals surface area contributed by atoms with Crippen LogP contribution < -0.4 is 4.43 Å². The van der Waals surface area contributed by atoms with E-state index >= 15 is 0 Å². The van der Waals surface area contributed by atoms with Crippen LogP contribution in [0.5, 0.6) is 5.75 Å². The first-order valence-electron chi connectivity index (χ1n) is 5.31. The number of carbonyl (C=O) groups excluding carboxylic acids is 1. The number of aryl methyl sites for hydroxylation is 1. The molecule has 80 valence electrons. The molecule has 1 aromatic rings. The molecule has 0 aliphatic heterocycles. The van der Waals surface area contributed by atoms with E-state index in [4.69, 9.17) is 4.43 Å². The van der Waals surface area contributed by atoms with Gasteiger partial charge in [0, 0.05) is 12.0 Å². The third-order valence-electron chi connectivity index (χ3n) is 2.42. The van der Waals surface area contributed by atoms with Crippen molar-refractivity contribution in [2.24, 2.45) is 0 Å². The Morgan fingerprint density at radius 1 is 1.20 bits per heavy atom. The highest BCUT2D eigenvalue weighted by molar-refractivity contribution is 6.70. The first kappa shape index (κ1) is 10.4. The molecule has 0 N–H and O–H groups in total. The Morgan fingerprint density at radius 3 is 2.60 bits per heavy atom. The Labute approximate surface area is 91.4 Å². The van der Waals surface area contributed by atoms with Gasteiger partial charge in [-0.25, -0.2) is 0 Å². The first-order chi connectivity index (χ1) is 6.96. The zero-order valence-electron chi connectivity index (χ0n) is 9.46. The van der Waals surface area contributed by atoms with Crippen molar-refractivity contribution in [1.82, 2.24) is 0 Å². The summed E-state index contributed by atoms with van der Waals surface area (Å²) >= 11 is 0. The van der Waals surface area contributed by atoms with Gasteiger partial charge in [-0.15, -0.1) is 0 Å². The lowest BCUT2D eigenvalue weighted by Crippen LogP contribution is -2.29. The highest BCUT2D eigenvalue weighted by Gasteiger charge is 2.21. The van der Waals surface area contributed by atoms with Gasteiger partial charge in [-0.2, -0.15) is 0 Å². The first-order valence-corrected chi connectivity index (χ1v) is 8.72. The summed E-state index contributed by atoms with van der Waals surface area (Å²) in [5.41, 5.74) is 2.04. The molecule has 0 atom stereocenters. The SMILES string of the molecule is C[Si](C)(C)Oc1ccc2c(c1)CCC2=O. The molecule has 0 spiro atoms. The molecule has 0 saturated carbocycles. The Hall–Kier alpha value is -1.09. The fourth-order valence-electron chi connectivity index (χ4n) is 1.85. The molecule has 1 aromatic carbocycles. The fraction of sp³-hybridized carbons (Fsp3) is 0.417. The van der Waals surface area contributed by atoms with E-state index in [2.05, 4.69) is 19.6 Å². The minimum atomic E-state index is -1.53. The summed E-state index contributed by atoms with van der Waals surface area (Å²) in [6.45, 7) is 6.47. The number of hydrogen-bond donors (Lipinski definition) is 0. The van der Waals surface area contributed by atoms with Gasteiger partial charge in [0.05, 0.1) is 0 Å². The van der Waals surface area contributed by atoms with E-state index in [0.29, 0.717) is 6.42 Å². The minimum Gasteiger partial charge on any atom is -0.544 e. The molecule has 0 fully saturated rings. The number of rotatable bonds is 2. The van der Waals surface area contributed by atoms with Crippen LogP contribution in [0, 0.1) is 0 Å². The molecule has 0 aromatic heterocycles. The Morgan fingerprint density at radius 2 is 1.93 bits per heavy atom. The van der Waals surface area contributed by atoms with Crippen LogP contribution in [-0.4, -0.2) is 14.1 Å². The smallest absolute Gasteiger partial charge is 0.242 e. The molecular weight excluding hydrogens is 204 g/mol. The van der Waals surface area contributed by atoms with Crippen molar-refractivity contribution in [2.75, 3.05) is 0 Å². The van der Waals surface area contributed by atoms with Gasteiger partial charge in [0.2, 0.25) is 8.32 Å². The van der Waals surface area contributed by atoms with Gasteiger partial charge in [0.1, 0.15) is 5.75 Å². The molecule has 3 heteroatoms. The van der Waals surface area contributed by atoms with Gasteiger partial charge in [0.15, 0.2) is 5.78 Å². The molecule has 0 saturated heterocycles. The Kier molecular flexibility index (Phi) is 2.42. The van der Waals surface area contributed by atoms with Gasteiger partial charge in [-0.3, -0.25) is 4.79 Å². The standard InChI is InChI=1S/C12H16O2Si/c1-15(2,3)14-10-5-6-11-9(8-10)4-7-12(11)13/h5-6,8H,4,7H2,1-3H3. The van der Waals surface area contributed by atoms with Gasteiger partial charge < -0.3 is 4.43 Å². The maximum absolute atomic E-state index is 11.4. The number of fused-ring (bicyclic) bond motifs is 1. The molecule has 0 amide bonds. The fourth-order valence-corrected chi connectivity index (χ4v) is 2.68. The molecule has 1 aliphatic carbocycles. The van der Waals surface area contributed by atoms with E-state index in [1.165, 1.54) is 0 Å². The Bertz CT molecular complexity index is 405. The maximum atomic E-state index is 11.4. The van der Waals surface area contributed by atoms with Crippen molar-refractivity contribution >= 4 is 14.1 Å². The molecule has 0 bridgehead atoms. The van der Waals surface area contributed by atoms with Crippen LogP contribution in [0.3, 0.4) is 0 Å². The van der Waals surface area contributed by atoms with Crippen molar-refractivity contribution in [2.45, 2.75) is 32.5 Å². The normalized spacial score (nSPS) is 15.3. The molecule has 2 rings (SSSR count). The zero-order valence-corrected chi connectivity index (χ0v) is 10.5. The van der Waals surface area contributed by atoms with E-state index < -0.39 is 8.32 Å². The predicted molar refractivity (Wildman–Crippen MR) is 63.1 cm³/mol. The lowest BCUT2D eigenvalue weighted by Gasteiger charge is -2.19. The molecule has 0 heterocycles. The monoisotopic (exact) mass is 220 g/mol. The summed E-state index contributed by atoms with van der Waals surface area (Å²) in [4.78, 5) is 11.4. The summed E-state index contributed by atoms with van der Waals surface area (Å²) in [6, 6.07) is 5.85. The molecule has 0 radical (unpaired) electrons. The Balaban J connectivity index is 2.27. The van der Waals surface area contributed by atoms with Gasteiger partial charge in [0.25, 0.3) is 0 Å². The lowest BCUT2D eigenvalue weighted by atomic mass is 10.1. The number of benzene rings is 1. The van der Waals surface area contributed by atoms with E-state index in [-0.39, 0.29) is 5.78 Å². The lowest BCUT2D eigenvalue weighted by molar-refractivity contribution is 0.0994. The molecule has 1 aliphatic rings. The van der Waals surface area contributed by atoms with E-state index in [0.717, 1.165) is 23.3 Å². The summed E-state index contributed by atoms with van der Waals surface area (Å²) in [7, 11) is -1.53. The maximum Gasteiger partial charge on any atom is 0.242 e. The van der Waals surface area contributed by atoms with Gasteiger partial charge in [-0.05, 0) is 49.8 Å². The van der Waals surface area contributed by atoms with Crippen molar-refractivity contribution in [1.29, 1.82) is 0 Å². The topological polar surface area (TPSA) is 26.3 Å². The van der Waals surface area contributed by atoms with Crippen molar-refractivity contribution < 1.29 is 9.22 Å². The van der Waals surface area contributed by atoms with Gasteiger partial charge in [-0.1, -0.05) is 0 Å². The van der Waals surface area contributed by atoms with Crippen LogP contribution in [0.25, 0.3) is 0 Å². The second kappa shape index (κ2) is 3.49. The third kappa shape index (κ3) is 2.29. The quantitative estimate of drug-likeness (QED) is 0.716. The molecule has 15 heavy (non-hydrogen) atoms. The van der Waals surface area contributed by atoms with Crippen molar-refractivity contribution in [3.63, 3.8) is 0 Å². The second-order valence-electron chi connectivity index (χ2n) is 4.96. The van der Waals surface area contributed by atoms with Crippen molar-refractivity contribution in [3.05, 3.63) is 29.3 Å². The van der Waals surface area contributed by atoms with E-state index in [9.17, 15) is 4.79 Å².